The average molecular weight is 383 g/mol. The molecule has 4 nitrogen and oxygen atoms in total. The summed E-state index contributed by atoms with van der Waals surface area (Å²) in [6, 6.07) is 15.1. The monoisotopic (exact) mass is 383 g/mol. The van der Waals surface area contributed by atoms with E-state index in [4.69, 9.17) is 0 Å². The van der Waals surface area contributed by atoms with Crippen molar-refractivity contribution in [3.63, 3.8) is 0 Å². The molecule has 138 valence electrons. The third kappa shape index (κ3) is 4.80. The molecule has 1 aromatic heterocycles. The van der Waals surface area contributed by atoms with Crippen molar-refractivity contribution in [1.29, 1.82) is 0 Å². The third-order valence-electron chi connectivity index (χ3n) is 3.80. The number of benzene rings is 2. The predicted molar refractivity (Wildman–Crippen MR) is 89.3 cm³/mol. The zero-order chi connectivity index (χ0) is 19.5. The Balaban J connectivity index is 0.000000189. The number of hydrogen-bond acceptors (Lipinski definition) is 3. The lowest BCUT2D eigenvalue weighted by molar-refractivity contribution is -0.651. The van der Waals surface area contributed by atoms with Crippen molar-refractivity contribution in [3.05, 3.63) is 71.9 Å². The number of nitrogens with zero attached hydrogens (tertiary/aromatic N) is 1. The molecule has 0 N–H and O–H groups in total. The van der Waals surface area contributed by atoms with Crippen molar-refractivity contribution in [2.24, 2.45) is 7.05 Å². The van der Waals surface area contributed by atoms with Crippen molar-refractivity contribution in [3.8, 4) is 0 Å². The van der Waals surface area contributed by atoms with Crippen LogP contribution in [0.25, 0.3) is 10.9 Å². The molecular weight excluding hydrogens is 367 g/mol. The summed E-state index contributed by atoms with van der Waals surface area (Å²) >= 11 is 0. The summed E-state index contributed by atoms with van der Waals surface area (Å²) in [5.74, 6) is 0. The maximum atomic E-state index is 12.0. The van der Waals surface area contributed by atoms with Gasteiger partial charge in [0, 0.05) is 24.4 Å². The molecule has 0 atom stereocenters. The van der Waals surface area contributed by atoms with Crippen molar-refractivity contribution < 1.29 is 30.7 Å². The van der Waals surface area contributed by atoms with E-state index in [1.165, 1.54) is 16.6 Å². The molecule has 3 rings (SSSR count). The van der Waals surface area contributed by atoms with E-state index in [-0.39, 0.29) is 0 Å². The minimum absolute atomic E-state index is 0.546. The summed E-state index contributed by atoms with van der Waals surface area (Å²) in [7, 11) is -2.59. The van der Waals surface area contributed by atoms with E-state index in [0.29, 0.717) is 24.3 Å². The Morgan fingerprint density at radius 2 is 1.50 bits per heavy atom. The van der Waals surface area contributed by atoms with Gasteiger partial charge in [-0.2, -0.15) is 17.7 Å². The van der Waals surface area contributed by atoms with Gasteiger partial charge in [0.15, 0.2) is 5.69 Å². The molecule has 0 spiro atoms. The van der Waals surface area contributed by atoms with Gasteiger partial charge in [-0.25, -0.2) is 8.42 Å². The van der Waals surface area contributed by atoms with Gasteiger partial charge in [0.2, 0.25) is 5.52 Å². The highest BCUT2D eigenvalue weighted by molar-refractivity contribution is 7.85. The average Bonchev–Trinajstić information content (AvgIpc) is 2.58. The quantitative estimate of drug-likeness (QED) is 0.477. The second kappa shape index (κ2) is 7.43. The van der Waals surface area contributed by atoms with E-state index in [2.05, 4.69) is 54.9 Å². The van der Waals surface area contributed by atoms with E-state index in [0.717, 1.165) is 0 Å². The molecular formula is C18H16F3NO3S. The van der Waals surface area contributed by atoms with E-state index >= 15 is 0 Å². The Labute approximate surface area is 149 Å². The fourth-order valence-electron chi connectivity index (χ4n) is 2.26. The van der Waals surface area contributed by atoms with Crippen molar-refractivity contribution in [2.75, 3.05) is 0 Å². The largest absolute Gasteiger partial charge is 0.744 e. The highest BCUT2D eigenvalue weighted by Gasteiger charge is 2.30. The fourth-order valence-corrected chi connectivity index (χ4v) is 2.73. The van der Waals surface area contributed by atoms with Crippen LogP contribution in [-0.2, 0) is 23.3 Å². The van der Waals surface area contributed by atoms with Gasteiger partial charge in [0.1, 0.15) is 17.2 Å². The van der Waals surface area contributed by atoms with Crippen LogP contribution in [0.2, 0.25) is 0 Å². The van der Waals surface area contributed by atoms with Crippen molar-refractivity contribution >= 4 is 21.0 Å². The second-order valence-electron chi connectivity index (χ2n) is 5.57. The standard InChI is InChI=1S/C11H12N.C7H5F3O3S/c1-9-7-8-10-5-3-4-6-11(10)12(9)2;8-7(9,10)5-1-3-6(4-2-5)14(11,12)13/h3-8H,1-2H3;1-4H,(H,11,12,13)/q+1;/p-1. The smallest absolute Gasteiger partial charge is 0.416 e. The molecule has 3 aromatic rings. The van der Waals surface area contributed by atoms with E-state index in [1.807, 2.05) is 0 Å². The summed E-state index contributed by atoms with van der Waals surface area (Å²) in [4.78, 5) is -0.675. The Hall–Kier alpha value is -2.45. The summed E-state index contributed by atoms with van der Waals surface area (Å²) in [6.07, 6.45) is -4.54. The van der Waals surface area contributed by atoms with Crippen LogP contribution in [0.5, 0.6) is 0 Å². The molecule has 0 unspecified atom stereocenters. The lowest BCUT2D eigenvalue weighted by Gasteiger charge is -2.09. The fraction of sp³-hybridized carbons (Fsp3) is 0.167. The highest BCUT2D eigenvalue weighted by atomic mass is 32.2. The van der Waals surface area contributed by atoms with Gasteiger partial charge in [-0.3, -0.25) is 0 Å². The van der Waals surface area contributed by atoms with E-state index in [1.54, 1.807) is 0 Å². The maximum Gasteiger partial charge on any atom is 0.416 e. The lowest BCUT2D eigenvalue weighted by Crippen LogP contribution is -2.32. The third-order valence-corrected chi connectivity index (χ3v) is 4.65. The molecule has 1 heterocycles. The van der Waals surface area contributed by atoms with Crippen LogP contribution in [0.4, 0.5) is 13.2 Å². The van der Waals surface area contributed by atoms with Gasteiger partial charge in [-0.15, -0.1) is 0 Å². The first-order valence-electron chi connectivity index (χ1n) is 7.47. The zero-order valence-electron chi connectivity index (χ0n) is 14.0. The van der Waals surface area contributed by atoms with Crippen LogP contribution in [0.15, 0.2) is 65.6 Å². The van der Waals surface area contributed by atoms with Crippen LogP contribution in [0, 0.1) is 6.92 Å². The van der Waals surface area contributed by atoms with Gasteiger partial charge in [-0.05, 0) is 36.4 Å². The maximum absolute atomic E-state index is 12.0. The second-order valence-corrected chi connectivity index (χ2v) is 6.95. The van der Waals surface area contributed by atoms with Gasteiger partial charge in [0.05, 0.1) is 10.5 Å². The molecule has 0 saturated carbocycles. The van der Waals surface area contributed by atoms with E-state index < -0.39 is 26.8 Å². The molecule has 0 fully saturated rings. The number of pyridine rings is 1. The molecule has 0 aliphatic heterocycles. The van der Waals surface area contributed by atoms with Gasteiger partial charge >= 0.3 is 6.18 Å². The van der Waals surface area contributed by atoms with Crippen LogP contribution in [0.1, 0.15) is 11.3 Å². The van der Waals surface area contributed by atoms with Gasteiger partial charge < -0.3 is 4.55 Å². The predicted octanol–water partition coefficient (Wildman–Crippen LogP) is 3.58. The first-order chi connectivity index (χ1) is 12.0. The molecule has 26 heavy (non-hydrogen) atoms. The number of hydrogen-bond donors (Lipinski definition) is 0. The number of aromatic nitrogens is 1. The molecule has 8 heteroatoms. The SMILES string of the molecule is Cc1ccc2ccccc2[n+]1C.O=S(=O)([O-])c1ccc(C(F)(F)F)cc1. The normalized spacial score (nSPS) is 11.8. The number of alkyl halides is 3. The number of para-hydroxylation sites is 1. The molecule has 0 radical (unpaired) electrons. The molecule has 0 amide bonds. The molecule has 0 aliphatic carbocycles. The summed E-state index contributed by atoms with van der Waals surface area (Å²) in [5.41, 5.74) is 1.58. The minimum Gasteiger partial charge on any atom is -0.744 e. The summed E-state index contributed by atoms with van der Waals surface area (Å²) in [6.45, 7) is 2.12. The molecule has 0 saturated heterocycles. The Morgan fingerprint density at radius 1 is 0.923 bits per heavy atom. The van der Waals surface area contributed by atoms with Crippen molar-refractivity contribution in [2.45, 2.75) is 18.0 Å². The van der Waals surface area contributed by atoms with Gasteiger partial charge in [0.25, 0.3) is 0 Å². The van der Waals surface area contributed by atoms with Crippen molar-refractivity contribution in [1.82, 2.24) is 0 Å². The Morgan fingerprint density at radius 3 is 2.04 bits per heavy atom. The first kappa shape index (κ1) is 19.9. The zero-order valence-corrected chi connectivity index (χ0v) is 14.8. The van der Waals surface area contributed by atoms with E-state index in [9.17, 15) is 26.1 Å². The van der Waals surface area contributed by atoms with Crippen LogP contribution in [-0.4, -0.2) is 13.0 Å². The molecule has 2 aromatic carbocycles. The molecule has 0 bridgehead atoms. The van der Waals surface area contributed by atoms with Crippen LogP contribution < -0.4 is 4.57 Å². The summed E-state index contributed by atoms with van der Waals surface area (Å²) < 4.78 is 69.2. The lowest BCUT2D eigenvalue weighted by atomic mass is 10.2. The number of fused-ring (bicyclic) bond motifs is 1. The number of rotatable bonds is 1. The summed E-state index contributed by atoms with van der Waals surface area (Å²) in [5, 5.41) is 1.30. The highest BCUT2D eigenvalue weighted by Crippen LogP contribution is 2.29. The number of aryl methyl sites for hydroxylation is 2. The first-order valence-corrected chi connectivity index (χ1v) is 8.88. The molecule has 0 aliphatic rings. The van der Waals surface area contributed by atoms with Crippen LogP contribution in [0.3, 0.4) is 0 Å². The Kier molecular flexibility index (Phi) is 5.68. The van der Waals surface area contributed by atoms with Gasteiger partial charge in [-0.1, -0.05) is 12.1 Å². The Bertz CT molecular complexity index is 1010. The van der Waals surface area contributed by atoms with Crippen LogP contribution >= 0.6 is 0 Å². The minimum atomic E-state index is -4.68. The number of halogens is 3. The topological polar surface area (TPSA) is 61.1 Å².